The van der Waals surface area contributed by atoms with Crippen molar-refractivity contribution in [3.63, 3.8) is 0 Å². The Morgan fingerprint density at radius 2 is 2.04 bits per heavy atom. The van der Waals surface area contributed by atoms with Gasteiger partial charge in [-0.2, -0.15) is 0 Å². The van der Waals surface area contributed by atoms with Gasteiger partial charge in [-0.15, -0.1) is 0 Å². The lowest BCUT2D eigenvalue weighted by atomic mass is 9.73. The molecular weight excluding hydrogens is 298 g/mol. The van der Waals surface area contributed by atoms with E-state index in [1.54, 1.807) is 0 Å². The quantitative estimate of drug-likeness (QED) is 0.803. The van der Waals surface area contributed by atoms with Crippen LogP contribution >= 0.6 is 0 Å². The van der Waals surface area contributed by atoms with E-state index in [4.69, 9.17) is 0 Å². The first-order valence-electron chi connectivity index (χ1n) is 9.28. The number of hydrogen-bond acceptors (Lipinski definition) is 3. The summed E-state index contributed by atoms with van der Waals surface area (Å²) >= 11 is 0. The monoisotopic (exact) mass is 331 g/mol. The van der Waals surface area contributed by atoms with Crippen molar-refractivity contribution >= 4 is 5.57 Å². The minimum absolute atomic E-state index is 0.0865. The highest BCUT2D eigenvalue weighted by Gasteiger charge is 2.41. The van der Waals surface area contributed by atoms with Crippen LogP contribution in [-0.4, -0.2) is 47.5 Å². The highest BCUT2D eigenvalue weighted by atomic mass is 16.3. The number of benzene rings is 1. The zero-order valence-electron chi connectivity index (χ0n) is 15.4. The second-order valence-corrected chi connectivity index (χ2v) is 7.57. The van der Waals surface area contributed by atoms with Gasteiger partial charge in [-0.25, -0.2) is 0 Å². The van der Waals surface area contributed by atoms with Crippen molar-refractivity contribution in [2.45, 2.75) is 46.1 Å². The molecule has 24 heavy (non-hydrogen) atoms. The van der Waals surface area contributed by atoms with Crippen molar-refractivity contribution in [2.75, 3.05) is 26.2 Å². The molecule has 2 N–H and O–H groups in total. The molecule has 0 saturated carbocycles. The van der Waals surface area contributed by atoms with Crippen molar-refractivity contribution in [2.24, 2.45) is 11.3 Å². The molecule has 1 aliphatic heterocycles. The molecule has 0 amide bonds. The van der Waals surface area contributed by atoms with Crippen molar-refractivity contribution in [1.82, 2.24) is 4.90 Å². The van der Waals surface area contributed by atoms with E-state index in [-0.39, 0.29) is 12.0 Å². The molecule has 3 nitrogen and oxygen atoms in total. The van der Waals surface area contributed by atoms with E-state index in [9.17, 15) is 10.2 Å². The number of rotatable bonds is 7. The lowest BCUT2D eigenvalue weighted by Crippen LogP contribution is -2.52. The second-order valence-electron chi connectivity index (χ2n) is 7.57. The predicted octanol–water partition coefficient (Wildman–Crippen LogP) is 3.57. The Kier molecular flexibility index (Phi) is 7.02. The standard InChI is InChI=1S/C21H33NO2/c1-4-10-21(16-23)11-12-22(15-20(21)24)14-19(13-17(2)3)18-8-6-5-7-9-18/h5-9,13,17,20,23-24H,4,10-12,14-16H2,1-3H3/b19-13+/t20-,21-/m1/s1. The molecule has 1 aromatic carbocycles. The van der Waals surface area contributed by atoms with Crippen molar-refractivity contribution in [3.8, 4) is 0 Å². The summed E-state index contributed by atoms with van der Waals surface area (Å²) in [5.41, 5.74) is 2.28. The third kappa shape index (κ3) is 4.69. The van der Waals surface area contributed by atoms with Gasteiger partial charge in [-0.3, -0.25) is 4.90 Å². The molecule has 2 rings (SSSR count). The molecular formula is C21H33NO2. The maximum atomic E-state index is 10.7. The summed E-state index contributed by atoms with van der Waals surface area (Å²) in [5, 5.41) is 20.5. The van der Waals surface area contributed by atoms with E-state index in [1.165, 1.54) is 11.1 Å². The molecule has 2 atom stereocenters. The number of allylic oxidation sites excluding steroid dienone is 1. The van der Waals surface area contributed by atoms with Gasteiger partial charge in [0, 0.05) is 18.5 Å². The summed E-state index contributed by atoms with van der Waals surface area (Å²) in [5.74, 6) is 0.492. The lowest BCUT2D eigenvalue weighted by molar-refractivity contribution is -0.0757. The average molecular weight is 332 g/mol. The molecule has 3 heteroatoms. The van der Waals surface area contributed by atoms with Gasteiger partial charge in [0.2, 0.25) is 0 Å². The molecule has 0 aliphatic carbocycles. The van der Waals surface area contributed by atoms with E-state index in [0.717, 1.165) is 32.4 Å². The minimum Gasteiger partial charge on any atom is -0.396 e. The summed E-state index contributed by atoms with van der Waals surface area (Å²) in [6, 6.07) is 10.5. The molecule has 0 radical (unpaired) electrons. The van der Waals surface area contributed by atoms with Crippen molar-refractivity contribution in [3.05, 3.63) is 42.0 Å². The van der Waals surface area contributed by atoms with Crippen LogP contribution in [-0.2, 0) is 0 Å². The lowest BCUT2D eigenvalue weighted by Gasteiger charge is -2.45. The van der Waals surface area contributed by atoms with E-state index < -0.39 is 6.10 Å². The number of aliphatic hydroxyl groups is 2. The molecule has 0 aromatic heterocycles. The fourth-order valence-electron chi connectivity index (χ4n) is 3.81. The Bertz CT molecular complexity index is 526. The van der Waals surface area contributed by atoms with Crippen LogP contribution < -0.4 is 0 Å². The molecule has 1 fully saturated rings. The van der Waals surface area contributed by atoms with Gasteiger partial charge in [0.25, 0.3) is 0 Å². The normalized spacial score (nSPS) is 26.1. The van der Waals surface area contributed by atoms with Gasteiger partial charge in [0.15, 0.2) is 0 Å². The van der Waals surface area contributed by atoms with E-state index in [2.05, 4.69) is 56.0 Å². The van der Waals surface area contributed by atoms with Crippen LogP contribution in [0.4, 0.5) is 0 Å². The van der Waals surface area contributed by atoms with E-state index in [0.29, 0.717) is 12.5 Å². The van der Waals surface area contributed by atoms with Crippen molar-refractivity contribution < 1.29 is 10.2 Å². The van der Waals surface area contributed by atoms with Crippen LogP contribution in [0.1, 0.15) is 45.6 Å². The van der Waals surface area contributed by atoms with Gasteiger partial charge < -0.3 is 10.2 Å². The zero-order valence-corrected chi connectivity index (χ0v) is 15.4. The van der Waals surface area contributed by atoms with Gasteiger partial charge in [0.05, 0.1) is 12.7 Å². The SMILES string of the molecule is CCC[C@]1(CO)CCN(C/C(=C\C(C)C)c2ccccc2)C[C@H]1O. The van der Waals surface area contributed by atoms with Crippen LogP contribution in [0.2, 0.25) is 0 Å². The molecule has 1 saturated heterocycles. The van der Waals surface area contributed by atoms with Crippen molar-refractivity contribution in [1.29, 1.82) is 0 Å². The highest BCUT2D eigenvalue weighted by molar-refractivity contribution is 5.67. The predicted molar refractivity (Wildman–Crippen MR) is 101 cm³/mol. The molecule has 1 aliphatic rings. The topological polar surface area (TPSA) is 43.7 Å². The third-order valence-corrected chi connectivity index (χ3v) is 5.20. The van der Waals surface area contributed by atoms with Gasteiger partial charge in [-0.05, 0) is 36.4 Å². The number of piperidine rings is 1. The van der Waals surface area contributed by atoms with E-state index >= 15 is 0 Å². The first-order valence-corrected chi connectivity index (χ1v) is 9.28. The first kappa shape index (κ1) is 19.2. The third-order valence-electron chi connectivity index (χ3n) is 5.20. The highest BCUT2D eigenvalue weighted by Crippen LogP contribution is 2.36. The average Bonchev–Trinajstić information content (AvgIpc) is 2.57. The Morgan fingerprint density at radius 1 is 1.33 bits per heavy atom. The molecule has 0 spiro atoms. The van der Waals surface area contributed by atoms with Crippen LogP contribution in [0.25, 0.3) is 5.57 Å². The summed E-state index contributed by atoms with van der Waals surface area (Å²) in [7, 11) is 0. The Morgan fingerprint density at radius 3 is 2.58 bits per heavy atom. The summed E-state index contributed by atoms with van der Waals surface area (Å²) < 4.78 is 0. The number of aliphatic hydroxyl groups excluding tert-OH is 2. The van der Waals surface area contributed by atoms with Crippen LogP contribution in [0, 0.1) is 11.3 Å². The molecule has 0 unspecified atom stereocenters. The fraction of sp³-hybridized carbons (Fsp3) is 0.619. The zero-order chi connectivity index (χ0) is 17.6. The molecule has 1 heterocycles. The Balaban J connectivity index is 2.09. The first-order chi connectivity index (χ1) is 11.5. The van der Waals surface area contributed by atoms with E-state index in [1.807, 2.05) is 6.07 Å². The van der Waals surface area contributed by atoms with Crippen LogP contribution in [0.15, 0.2) is 36.4 Å². The summed E-state index contributed by atoms with van der Waals surface area (Å²) in [6.45, 7) is 9.03. The minimum atomic E-state index is -0.452. The van der Waals surface area contributed by atoms with Gasteiger partial charge in [-0.1, -0.05) is 63.6 Å². The number of nitrogens with zero attached hydrogens (tertiary/aromatic N) is 1. The fourth-order valence-corrected chi connectivity index (χ4v) is 3.81. The largest absolute Gasteiger partial charge is 0.396 e. The summed E-state index contributed by atoms with van der Waals surface area (Å²) in [4.78, 5) is 2.33. The smallest absolute Gasteiger partial charge is 0.0745 e. The van der Waals surface area contributed by atoms with Gasteiger partial charge in [0.1, 0.15) is 0 Å². The Labute approximate surface area is 147 Å². The molecule has 134 valence electrons. The maximum Gasteiger partial charge on any atom is 0.0745 e. The molecule has 1 aromatic rings. The van der Waals surface area contributed by atoms with Gasteiger partial charge >= 0.3 is 0 Å². The number of β-amino-alcohol motifs (C(OH)–C–C–N with tert-alkyl or cyclic N) is 1. The Hall–Kier alpha value is -1.16. The van der Waals surface area contributed by atoms with Crippen LogP contribution in [0.5, 0.6) is 0 Å². The molecule has 0 bridgehead atoms. The van der Waals surface area contributed by atoms with Crippen LogP contribution in [0.3, 0.4) is 0 Å². The second kappa shape index (κ2) is 8.80. The maximum absolute atomic E-state index is 10.7. The summed E-state index contributed by atoms with van der Waals surface area (Å²) in [6.07, 6.45) is 4.63. The number of likely N-dealkylation sites (tertiary alicyclic amines) is 1. The number of hydrogen-bond donors (Lipinski definition) is 2.